The van der Waals surface area contributed by atoms with E-state index in [0.29, 0.717) is 24.6 Å². The van der Waals surface area contributed by atoms with Crippen LogP contribution in [0.3, 0.4) is 0 Å². The molecule has 2 rings (SSSR count). The van der Waals surface area contributed by atoms with E-state index in [9.17, 15) is 13.6 Å². The molecule has 0 unspecified atom stereocenters. The van der Waals surface area contributed by atoms with E-state index in [-0.39, 0.29) is 22.4 Å². The van der Waals surface area contributed by atoms with Gasteiger partial charge in [-0.15, -0.1) is 0 Å². The van der Waals surface area contributed by atoms with Gasteiger partial charge in [-0.3, -0.25) is 4.79 Å². The third-order valence-corrected chi connectivity index (χ3v) is 4.13. The average Bonchev–Trinajstić information content (AvgIpc) is 2.59. The Bertz CT molecular complexity index is 687. The van der Waals surface area contributed by atoms with Crippen LogP contribution in [0.15, 0.2) is 47.6 Å². The first-order valence-corrected chi connectivity index (χ1v) is 8.88. The van der Waals surface area contributed by atoms with Gasteiger partial charge in [0.15, 0.2) is 0 Å². The summed E-state index contributed by atoms with van der Waals surface area (Å²) in [5, 5.41) is 3.39. The van der Waals surface area contributed by atoms with Gasteiger partial charge in [0.25, 0.3) is 11.7 Å². The maximum atomic E-state index is 12.5. The number of unbranched alkanes of at least 4 members (excludes halogenated alkanes) is 1. The SMILES string of the molecule is O=C(NCCCCOc1ccc(Cl)cc1)c1cccnc1SC(F)F. The van der Waals surface area contributed by atoms with Crippen LogP contribution in [-0.4, -0.2) is 29.8 Å². The summed E-state index contributed by atoms with van der Waals surface area (Å²) in [5.74, 6) is -2.29. The van der Waals surface area contributed by atoms with Crippen LogP contribution in [0.25, 0.3) is 0 Å². The van der Waals surface area contributed by atoms with Gasteiger partial charge < -0.3 is 10.1 Å². The molecular weight excluding hydrogens is 370 g/mol. The molecule has 0 radical (unpaired) electrons. The van der Waals surface area contributed by atoms with E-state index in [0.717, 1.165) is 12.2 Å². The zero-order valence-electron chi connectivity index (χ0n) is 13.3. The average molecular weight is 387 g/mol. The van der Waals surface area contributed by atoms with Gasteiger partial charge in [-0.25, -0.2) is 4.98 Å². The van der Waals surface area contributed by atoms with Gasteiger partial charge in [0.1, 0.15) is 10.8 Å². The van der Waals surface area contributed by atoms with Crippen molar-refractivity contribution in [1.82, 2.24) is 10.3 Å². The molecule has 0 aliphatic carbocycles. The number of nitrogens with one attached hydrogen (secondary N) is 1. The number of benzene rings is 1. The van der Waals surface area contributed by atoms with Crippen LogP contribution in [0.4, 0.5) is 8.78 Å². The van der Waals surface area contributed by atoms with E-state index in [2.05, 4.69) is 10.3 Å². The van der Waals surface area contributed by atoms with E-state index in [1.807, 2.05) is 0 Å². The van der Waals surface area contributed by atoms with E-state index < -0.39 is 11.7 Å². The largest absolute Gasteiger partial charge is 0.494 e. The highest BCUT2D eigenvalue weighted by atomic mass is 35.5. The second-order valence-electron chi connectivity index (χ2n) is 5.00. The third-order valence-electron chi connectivity index (χ3n) is 3.16. The maximum absolute atomic E-state index is 12.5. The van der Waals surface area contributed by atoms with Gasteiger partial charge in [0.05, 0.1) is 12.2 Å². The minimum Gasteiger partial charge on any atom is -0.494 e. The molecule has 1 aromatic heterocycles. The summed E-state index contributed by atoms with van der Waals surface area (Å²) in [7, 11) is 0. The molecule has 0 bridgehead atoms. The Labute approximate surface area is 153 Å². The lowest BCUT2D eigenvalue weighted by molar-refractivity contribution is 0.0948. The summed E-state index contributed by atoms with van der Waals surface area (Å²) >= 11 is 6.05. The maximum Gasteiger partial charge on any atom is 0.290 e. The molecule has 4 nitrogen and oxygen atoms in total. The van der Waals surface area contributed by atoms with Crippen molar-refractivity contribution in [3.63, 3.8) is 0 Å². The molecule has 0 aliphatic rings. The van der Waals surface area contributed by atoms with Crippen LogP contribution in [0.5, 0.6) is 5.75 Å². The Kier molecular flexibility index (Phi) is 7.94. The number of rotatable bonds is 9. The number of alkyl halides is 2. The molecular formula is C17H17ClF2N2O2S. The van der Waals surface area contributed by atoms with E-state index >= 15 is 0 Å². The standard InChI is InChI=1S/C17H17ClF2N2O2S/c18-12-5-7-13(8-6-12)24-11-2-1-9-21-15(23)14-4-3-10-22-16(14)25-17(19)20/h3-8,10,17H,1-2,9,11H2,(H,21,23). The third kappa shape index (κ3) is 6.88. The summed E-state index contributed by atoms with van der Waals surface area (Å²) in [4.78, 5) is 15.9. The topological polar surface area (TPSA) is 51.2 Å². The lowest BCUT2D eigenvalue weighted by Crippen LogP contribution is -2.25. The Hall–Kier alpha value is -1.86. The monoisotopic (exact) mass is 386 g/mol. The number of pyridine rings is 1. The number of carbonyl (C=O) groups is 1. The van der Waals surface area contributed by atoms with E-state index in [1.54, 1.807) is 30.3 Å². The number of ether oxygens (including phenoxy) is 1. The van der Waals surface area contributed by atoms with Crippen molar-refractivity contribution < 1.29 is 18.3 Å². The lowest BCUT2D eigenvalue weighted by atomic mass is 10.2. The number of aromatic nitrogens is 1. The highest BCUT2D eigenvalue weighted by Crippen LogP contribution is 2.26. The summed E-state index contributed by atoms with van der Waals surface area (Å²) in [5.41, 5.74) is 0.158. The number of hydrogen-bond donors (Lipinski definition) is 1. The van der Waals surface area contributed by atoms with Gasteiger partial charge in [0.2, 0.25) is 0 Å². The second-order valence-corrected chi connectivity index (χ2v) is 6.42. The second kappa shape index (κ2) is 10.2. The normalized spacial score (nSPS) is 10.7. The number of halogens is 3. The van der Waals surface area contributed by atoms with Crippen molar-refractivity contribution in [3.05, 3.63) is 53.2 Å². The van der Waals surface area contributed by atoms with E-state index in [1.165, 1.54) is 12.3 Å². The predicted molar refractivity (Wildman–Crippen MR) is 94.6 cm³/mol. The van der Waals surface area contributed by atoms with Gasteiger partial charge in [-0.1, -0.05) is 11.6 Å². The van der Waals surface area contributed by atoms with Crippen LogP contribution < -0.4 is 10.1 Å². The van der Waals surface area contributed by atoms with Crippen molar-refractivity contribution in [3.8, 4) is 5.75 Å². The molecule has 25 heavy (non-hydrogen) atoms. The summed E-state index contributed by atoms with van der Waals surface area (Å²) in [6, 6.07) is 10.1. The number of carbonyl (C=O) groups excluding carboxylic acids is 1. The molecule has 1 aromatic carbocycles. The molecule has 1 amide bonds. The minimum absolute atomic E-state index is 0.0288. The van der Waals surface area contributed by atoms with Crippen molar-refractivity contribution in [1.29, 1.82) is 0 Å². The first-order chi connectivity index (χ1) is 12.1. The van der Waals surface area contributed by atoms with Crippen LogP contribution in [0.1, 0.15) is 23.2 Å². The summed E-state index contributed by atoms with van der Waals surface area (Å²) in [6.45, 7) is 0.938. The smallest absolute Gasteiger partial charge is 0.290 e. The molecule has 0 aliphatic heterocycles. The van der Waals surface area contributed by atoms with Gasteiger partial charge >= 0.3 is 0 Å². The Morgan fingerprint density at radius 2 is 2.00 bits per heavy atom. The Morgan fingerprint density at radius 1 is 1.24 bits per heavy atom. The Morgan fingerprint density at radius 3 is 2.72 bits per heavy atom. The molecule has 8 heteroatoms. The molecule has 0 saturated heterocycles. The quantitative estimate of drug-likeness (QED) is 0.504. The van der Waals surface area contributed by atoms with Crippen LogP contribution >= 0.6 is 23.4 Å². The summed E-state index contributed by atoms with van der Waals surface area (Å²) in [6.07, 6.45) is 2.83. The van der Waals surface area contributed by atoms with Crippen LogP contribution in [-0.2, 0) is 0 Å². The van der Waals surface area contributed by atoms with Crippen LogP contribution in [0.2, 0.25) is 5.02 Å². The molecule has 134 valence electrons. The lowest BCUT2D eigenvalue weighted by Gasteiger charge is -2.09. The number of nitrogens with zero attached hydrogens (tertiary/aromatic N) is 1. The molecule has 0 saturated carbocycles. The van der Waals surface area contributed by atoms with E-state index in [4.69, 9.17) is 16.3 Å². The number of thioether (sulfide) groups is 1. The number of hydrogen-bond acceptors (Lipinski definition) is 4. The zero-order chi connectivity index (χ0) is 18.1. The molecule has 0 atom stereocenters. The van der Waals surface area contributed by atoms with Crippen molar-refractivity contribution in [2.45, 2.75) is 23.6 Å². The molecule has 2 aromatic rings. The number of amides is 1. The first kappa shape index (κ1) is 19.5. The first-order valence-electron chi connectivity index (χ1n) is 7.62. The minimum atomic E-state index is -2.62. The zero-order valence-corrected chi connectivity index (χ0v) is 14.8. The predicted octanol–water partition coefficient (Wildman–Crippen LogP) is 4.64. The molecule has 1 N–H and O–H groups in total. The van der Waals surface area contributed by atoms with Crippen molar-refractivity contribution >= 4 is 29.3 Å². The Balaban J connectivity index is 1.69. The van der Waals surface area contributed by atoms with Gasteiger partial charge in [0, 0.05) is 17.8 Å². The van der Waals surface area contributed by atoms with Gasteiger partial charge in [-0.05, 0) is 61.0 Å². The highest BCUT2D eigenvalue weighted by Gasteiger charge is 2.16. The molecule has 0 fully saturated rings. The fourth-order valence-electron chi connectivity index (χ4n) is 1.99. The van der Waals surface area contributed by atoms with Gasteiger partial charge in [-0.2, -0.15) is 8.78 Å². The molecule has 0 spiro atoms. The van der Waals surface area contributed by atoms with Crippen molar-refractivity contribution in [2.24, 2.45) is 0 Å². The fourth-order valence-corrected chi connectivity index (χ4v) is 2.69. The highest BCUT2D eigenvalue weighted by molar-refractivity contribution is 7.99. The summed E-state index contributed by atoms with van der Waals surface area (Å²) < 4.78 is 30.5. The van der Waals surface area contributed by atoms with Crippen LogP contribution in [0, 0.1) is 0 Å². The molecule has 1 heterocycles. The fraction of sp³-hybridized carbons (Fsp3) is 0.294. The van der Waals surface area contributed by atoms with Crippen molar-refractivity contribution in [2.75, 3.05) is 13.2 Å².